The van der Waals surface area contributed by atoms with Crippen molar-refractivity contribution in [1.82, 2.24) is 0 Å². The molecule has 1 rings (SSSR count). The zero-order valence-corrected chi connectivity index (χ0v) is 10.9. The average molecular weight is 260 g/mol. The van der Waals surface area contributed by atoms with Crippen molar-refractivity contribution in [1.29, 1.82) is 10.5 Å². The van der Waals surface area contributed by atoms with Crippen molar-refractivity contribution in [2.24, 2.45) is 0 Å². The Morgan fingerprint density at radius 2 is 1.94 bits per heavy atom. The largest absolute Gasteiger partial charge is 0.444 e. The molecule has 0 aliphatic rings. The molecular formula is C13H12N2O2S. The highest BCUT2D eigenvalue weighted by Crippen LogP contribution is 2.27. The molecule has 1 aromatic carbocycles. The maximum Gasteiger partial charge on any atom is 0.340 e. The van der Waals surface area contributed by atoms with E-state index in [0.717, 1.165) is 0 Å². The molecule has 0 amide bonds. The summed E-state index contributed by atoms with van der Waals surface area (Å²) in [5, 5.41) is 17.1. The minimum absolute atomic E-state index is 0.257. The second-order valence-electron chi connectivity index (χ2n) is 3.56. The third-order valence-electron chi connectivity index (χ3n) is 2.06. The Labute approximate surface area is 110 Å². The molecule has 0 saturated heterocycles. The molecule has 2 atom stereocenters. The molecule has 0 radical (unpaired) electrons. The fraction of sp³-hybridized carbons (Fsp3) is 0.308. The number of hydrogen-bond acceptors (Lipinski definition) is 5. The lowest BCUT2D eigenvalue weighted by Gasteiger charge is -2.10. The van der Waals surface area contributed by atoms with Gasteiger partial charge in [0.15, 0.2) is 6.10 Å². The van der Waals surface area contributed by atoms with Crippen LogP contribution >= 0.6 is 11.8 Å². The van der Waals surface area contributed by atoms with Crippen LogP contribution in [0.2, 0.25) is 0 Å². The molecule has 0 N–H and O–H groups in total. The SMILES string of the molecule is C[C@H](C#N)OC(=O)c1ccccc1S[C@@H](C)C#N. The molecule has 0 aliphatic heterocycles. The van der Waals surface area contributed by atoms with Crippen LogP contribution in [0.5, 0.6) is 0 Å². The molecule has 0 bridgehead atoms. The molecule has 92 valence electrons. The van der Waals surface area contributed by atoms with Crippen LogP contribution in [0, 0.1) is 22.7 Å². The van der Waals surface area contributed by atoms with Gasteiger partial charge < -0.3 is 4.74 Å². The number of ether oxygens (including phenoxy) is 1. The van der Waals surface area contributed by atoms with Crippen molar-refractivity contribution in [3.63, 3.8) is 0 Å². The number of carbonyl (C=O) groups excluding carboxylic acids is 1. The number of thioether (sulfide) groups is 1. The van der Waals surface area contributed by atoms with E-state index in [1.165, 1.54) is 18.7 Å². The van der Waals surface area contributed by atoms with Gasteiger partial charge in [-0.3, -0.25) is 0 Å². The fourth-order valence-electron chi connectivity index (χ4n) is 1.21. The molecule has 0 unspecified atom stereocenters. The van der Waals surface area contributed by atoms with Gasteiger partial charge in [-0.25, -0.2) is 4.79 Å². The van der Waals surface area contributed by atoms with Gasteiger partial charge in [0.25, 0.3) is 0 Å². The smallest absolute Gasteiger partial charge is 0.340 e. The third-order valence-corrected chi connectivity index (χ3v) is 3.13. The molecule has 5 heteroatoms. The summed E-state index contributed by atoms with van der Waals surface area (Å²) in [5.41, 5.74) is 0.381. The predicted molar refractivity (Wildman–Crippen MR) is 67.9 cm³/mol. The van der Waals surface area contributed by atoms with E-state index in [1.54, 1.807) is 31.2 Å². The minimum atomic E-state index is -0.788. The first kappa shape index (κ1) is 14.1. The number of carbonyl (C=O) groups is 1. The maximum absolute atomic E-state index is 11.8. The first-order chi connectivity index (χ1) is 8.58. The molecule has 0 aromatic heterocycles. The molecule has 4 nitrogen and oxygen atoms in total. The number of esters is 1. The van der Waals surface area contributed by atoms with Gasteiger partial charge in [-0.2, -0.15) is 10.5 Å². The summed E-state index contributed by atoms with van der Waals surface area (Å²) in [7, 11) is 0. The first-order valence-electron chi connectivity index (χ1n) is 5.34. The summed E-state index contributed by atoms with van der Waals surface area (Å²) in [6.07, 6.45) is -0.788. The highest BCUT2D eigenvalue weighted by molar-refractivity contribution is 8.00. The normalized spacial score (nSPS) is 12.9. The fourth-order valence-corrected chi connectivity index (χ4v) is 2.07. The Kier molecular flexibility index (Phi) is 5.23. The average Bonchev–Trinajstić information content (AvgIpc) is 2.38. The number of rotatable bonds is 4. The minimum Gasteiger partial charge on any atom is -0.444 e. The summed E-state index contributed by atoms with van der Waals surface area (Å²) in [5.74, 6) is -0.544. The molecule has 0 saturated carbocycles. The zero-order chi connectivity index (χ0) is 13.5. The van der Waals surface area contributed by atoms with Gasteiger partial charge in [0.05, 0.1) is 16.9 Å². The van der Waals surface area contributed by atoms with E-state index in [4.69, 9.17) is 15.3 Å². The van der Waals surface area contributed by atoms with Crippen LogP contribution in [-0.4, -0.2) is 17.3 Å². The van der Waals surface area contributed by atoms with E-state index < -0.39 is 12.1 Å². The number of benzene rings is 1. The molecule has 0 heterocycles. The van der Waals surface area contributed by atoms with E-state index in [2.05, 4.69) is 6.07 Å². The quantitative estimate of drug-likeness (QED) is 0.614. The second kappa shape index (κ2) is 6.68. The van der Waals surface area contributed by atoms with E-state index >= 15 is 0 Å². The van der Waals surface area contributed by atoms with Gasteiger partial charge in [0.2, 0.25) is 0 Å². The Morgan fingerprint density at radius 3 is 2.56 bits per heavy atom. The molecule has 1 aromatic rings. The van der Waals surface area contributed by atoms with Gasteiger partial charge >= 0.3 is 5.97 Å². The lowest BCUT2D eigenvalue weighted by Crippen LogP contribution is -2.14. The third kappa shape index (κ3) is 3.80. The zero-order valence-electron chi connectivity index (χ0n) is 10.1. The van der Waals surface area contributed by atoms with Crippen LogP contribution in [0.15, 0.2) is 29.2 Å². The highest BCUT2D eigenvalue weighted by atomic mass is 32.2. The van der Waals surface area contributed by atoms with Gasteiger partial charge in [0, 0.05) is 4.90 Å². The molecular weight excluding hydrogens is 248 g/mol. The maximum atomic E-state index is 11.8. The monoisotopic (exact) mass is 260 g/mol. The molecule has 0 aliphatic carbocycles. The second-order valence-corrected chi connectivity index (χ2v) is 4.94. The standard InChI is InChI=1S/C13H12N2O2S/c1-9(7-14)17-13(16)11-5-3-4-6-12(11)18-10(2)8-15/h3-6,9-10H,1-2H3/t9-,10+/m1/s1. The Hall–Kier alpha value is -1.98. The van der Waals surface area contributed by atoms with Crippen LogP contribution < -0.4 is 0 Å². The van der Waals surface area contributed by atoms with Crippen LogP contribution in [0.3, 0.4) is 0 Å². The Morgan fingerprint density at radius 1 is 1.28 bits per heavy atom. The lowest BCUT2D eigenvalue weighted by atomic mass is 10.2. The van der Waals surface area contributed by atoms with E-state index in [-0.39, 0.29) is 5.25 Å². The number of hydrogen-bond donors (Lipinski definition) is 0. The summed E-state index contributed by atoms with van der Waals surface area (Å²) in [6, 6.07) is 10.8. The lowest BCUT2D eigenvalue weighted by molar-refractivity contribution is 0.0431. The van der Waals surface area contributed by atoms with Gasteiger partial charge in [-0.05, 0) is 26.0 Å². The summed E-state index contributed by atoms with van der Waals surface area (Å²) >= 11 is 1.29. The van der Waals surface area contributed by atoms with Crippen molar-refractivity contribution >= 4 is 17.7 Å². The van der Waals surface area contributed by atoms with Crippen molar-refractivity contribution < 1.29 is 9.53 Å². The van der Waals surface area contributed by atoms with Gasteiger partial charge in [-0.15, -0.1) is 11.8 Å². The summed E-state index contributed by atoms with van der Waals surface area (Å²) < 4.78 is 4.95. The number of nitriles is 2. The van der Waals surface area contributed by atoms with Crippen LogP contribution in [0.4, 0.5) is 0 Å². The van der Waals surface area contributed by atoms with Crippen LogP contribution in [0.1, 0.15) is 24.2 Å². The van der Waals surface area contributed by atoms with Gasteiger partial charge in [0.1, 0.15) is 6.07 Å². The molecule has 18 heavy (non-hydrogen) atoms. The highest BCUT2D eigenvalue weighted by Gasteiger charge is 2.16. The van der Waals surface area contributed by atoms with Crippen molar-refractivity contribution in [3.05, 3.63) is 29.8 Å². The van der Waals surface area contributed by atoms with E-state index in [9.17, 15) is 4.79 Å². The summed E-state index contributed by atoms with van der Waals surface area (Å²) in [6.45, 7) is 3.26. The van der Waals surface area contributed by atoms with E-state index in [0.29, 0.717) is 10.5 Å². The van der Waals surface area contributed by atoms with E-state index in [1.807, 2.05) is 6.07 Å². The number of nitrogens with zero attached hydrogens (tertiary/aromatic N) is 2. The first-order valence-corrected chi connectivity index (χ1v) is 6.22. The van der Waals surface area contributed by atoms with Gasteiger partial charge in [-0.1, -0.05) is 12.1 Å². The van der Waals surface area contributed by atoms with Crippen molar-refractivity contribution in [2.75, 3.05) is 0 Å². The predicted octanol–water partition coefficient (Wildman–Crippen LogP) is 2.76. The Bertz CT molecular complexity index is 516. The van der Waals surface area contributed by atoms with Crippen LogP contribution in [-0.2, 0) is 4.74 Å². The van der Waals surface area contributed by atoms with Crippen molar-refractivity contribution in [3.8, 4) is 12.1 Å². The summed E-state index contributed by atoms with van der Waals surface area (Å²) in [4.78, 5) is 12.5. The Balaban J connectivity index is 2.92. The molecule has 0 fully saturated rings. The topological polar surface area (TPSA) is 73.9 Å². The van der Waals surface area contributed by atoms with Crippen LogP contribution in [0.25, 0.3) is 0 Å². The molecule has 0 spiro atoms. The van der Waals surface area contributed by atoms with Crippen molar-refractivity contribution in [2.45, 2.75) is 30.1 Å².